The summed E-state index contributed by atoms with van der Waals surface area (Å²) in [6, 6.07) is 9.26. The molecule has 0 atom stereocenters. The van der Waals surface area contributed by atoms with E-state index in [0.29, 0.717) is 26.3 Å². The highest BCUT2D eigenvalue weighted by atomic mass is 19.4. The van der Waals surface area contributed by atoms with Crippen molar-refractivity contribution >= 4 is 17.8 Å². The maximum Gasteiger partial charge on any atom is 0.573 e. The maximum absolute atomic E-state index is 12.5. The Morgan fingerprint density at radius 3 is 2.72 bits per heavy atom. The van der Waals surface area contributed by atoms with Crippen molar-refractivity contribution in [1.82, 2.24) is 10.3 Å². The van der Waals surface area contributed by atoms with Crippen LogP contribution < -0.4 is 15.0 Å². The molecule has 0 bridgehead atoms. The van der Waals surface area contributed by atoms with Crippen molar-refractivity contribution in [2.45, 2.75) is 12.9 Å². The van der Waals surface area contributed by atoms with Gasteiger partial charge in [0.1, 0.15) is 11.6 Å². The van der Waals surface area contributed by atoms with E-state index in [-0.39, 0.29) is 17.9 Å². The average molecular weight is 407 g/mol. The third kappa shape index (κ3) is 6.21. The van der Waals surface area contributed by atoms with Gasteiger partial charge in [-0.25, -0.2) is 4.98 Å². The molecule has 1 fully saturated rings. The number of halogens is 3. The molecule has 2 aromatic rings. The first-order valence-corrected chi connectivity index (χ1v) is 9.00. The van der Waals surface area contributed by atoms with Crippen LogP contribution in [0, 0.1) is 0 Å². The summed E-state index contributed by atoms with van der Waals surface area (Å²) in [6.07, 6.45) is -0.665. The van der Waals surface area contributed by atoms with Gasteiger partial charge in [-0.2, -0.15) is 0 Å². The lowest BCUT2D eigenvalue weighted by atomic mass is 10.2. The highest BCUT2D eigenvalue weighted by Gasteiger charge is 2.31. The highest BCUT2D eigenvalue weighted by molar-refractivity contribution is 5.92. The molecule has 0 unspecified atom stereocenters. The highest BCUT2D eigenvalue weighted by Crippen LogP contribution is 2.27. The van der Waals surface area contributed by atoms with E-state index in [4.69, 9.17) is 4.74 Å². The molecule has 1 aromatic heterocycles. The van der Waals surface area contributed by atoms with Gasteiger partial charge in [-0.1, -0.05) is 24.3 Å². The number of para-hydroxylation sites is 1. The molecule has 1 amide bonds. The minimum atomic E-state index is -4.80. The summed E-state index contributed by atoms with van der Waals surface area (Å²) < 4.78 is 46.7. The lowest BCUT2D eigenvalue weighted by Crippen LogP contribution is -2.37. The Kier molecular flexibility index (Phi) is 6.71. The number of alkyl halides is 3. The van der Waals surface area contributed by atoms with Gasteiger partial charge in [0.2, 0.25) is 5.91 Å². The zero-order valence-corrected chi connectivity index (χ0v) is 15.5. The van der Waals surface area contributed by atoms with Gasteiger partial charge in [-0.15, -0.1) is 13.2 Å². The second-order valence-corrected chi connectivity index (χ2v) is 6.22. The molecule has 1 aliphatic heterocycles. The first-order chi connectivity index (χ1) is 13.9. The lowest BCUT2D eigenvalue weighted by molar-refractivity contribution is -0.274. The molecular formula is C20H20F3N3O3. The molecule has 0 radical (unpaired) electrons. The number of anilines is 1. The number of nitrogens with one attached hydrogen (secondary N) is 1. The summed E-state index contributed by atoms with van der Waals surface area (Å²) in [5.41, 5.74) is 0.993. The normalized spacial score (nSPS) is 14.8. The molecule has 1 N–H and O–H groups in total. The van der Waals surface area contributed by atoms with Crippen molar-refractivity contribution in [3.05, 3.63) is 59.8 Å². The molecular weight excluding hydrogens is 387 g/mol. The van der Waals surface area contributed by atoms with E-state index in [1.54, 1.807) is 18.3 Å². The number of ether oxygens (including phenoxy) is 2. The summed E-state index contributed by atoms with van der Waals surface area (Å²) in [6.45, 7) is 2.90. The molecule has 1 aromatic carbocycles. The van der Waals surface area contributed by atoms with Crippen molar-refractivity contribution in [1.29, 1.82) is 0 Å². The number of carbonyl (C=O) groups excluding carboxylic acids is 1. The summed E-state index contributed by atoms with van der Waals surface area (Å²) in [5.74, 6) is -0.0292. The van der Waals surface area contributed by atoms with Crippen LogP contribution in [0.2, 0.25) is 0 Å². The molecule has 1 saturated heterocycles. The third-order valence-corrected chi connectivity index (χ3v) is 4.19. The van der Waals surface area contributed by atoms with E-state index in [0.717, 1.165) is 11.4 Å². The molecule has 0 spiro atoms. The maximum atomic E-state index is 12.5. The number of hydrogen-bond donors (Lipinski definition) is 1. The summed E-state index contributed by atoms with van der Waals surface area (Å²) in [7, 11) is 0. The van der Waals surface area contributed by atoms with Crippen LogP contribution in [0.4, 0.5) is 19.0 Å². The number of carbonyl (C=O) groups is 1. The van der Waals surface area contributed by atoms with Crippen LogP contribution in [0.15, 0.2) is 48.7 Å². The van der Waals surface area contributed by atoms with Gasteiger partial charge in [-0.05, 0) is 18.2 Å². The third-order valence-electron chi connectivity index (χ3n) is 4.19. The van der Waals surface area contributed by atoms with E-state index in [1.807, 2.05) is 6.07 Å². The molecule has 6 nitrogen and oxygen atoms in total. The van der Waals surface area contributed by atoms with Gasteiger partial charge in [0.15, 0.2) is 0 Å². The lowest BCUT2D eigenvalue weighted by Gasteiger charge is -2.29. The Morgan fingerprint density at radius 2 is 1.97 bits per heavy atom. The Morgan fingerprint density at radius 1 is 1.21 bits per heavy atom. The molecule has 1 aliphatic rings. The zero-order valence-electron chi connectivity index (χ0n) is 15.5. The van der Waals surface area contributed by atoms with Gasteiger partial charge < -0.3 is 19.7 Å². The first kappa shape index (κ1) is 20.7. The minimum absolute atomic E-state index is 0.148. The molecule has 0 aliphatic carbocycles. The Hall–Kier alpha value is -3.07. The number of benzene rings is 1. The quantitative estimate of drug-likeness (QED) is 0.746. The van der Waals surface area contributed by atoms with Gasteiger partial charge in [0.25, 0.3) is 0 Å². The van der Waals surface area contributed by atoms with Gasteiger partial charge in [0, 0.05) is 43.0 Å². The Bertz CT molecular complexity index is 865. The first-order valence-electron chi connectivity index (χ1n) is 9.00. The predicted molar refractivity (Wildman–Crippen MR) is 101 cm³/mol. The van der Waals surface area contributed by atoms with E-state index in [9.17, 15) is 18.0 Å². The predicted octanol–water partition coefficient (Wildman–Crippen LogP) is 3.15. The molecule has 0 saturated carbocycles. The minimum Gasteiger partial charge on any atom is -0.405 e. The SMILES string of the molecule is O=C(/C=C/c1ccccc1OC(F)(F)F)NCc1cccnc1N1CCOCC1. The van der Waals surface area contributed by atoms with Crippen LogP contribution in [0.5, 0.6) is 5.75 Å². The van der Waals surface area contributed by atoms with Crippen LogP contribution in [0.3, 0.4) is 0 Å². The van der Waals surface area contributed by atoms with Gasteiger partial charge in [-0.3, -0.25) is 4.79 Å². The van der Waals surface area contributed by atoms with Gasteiger partial charge in [0.05, 0.1) is 13.2 Å². The molecule has 2 heterocycles. The van der Waals surface area contributed by atoms with Crippen molar-refractivity contribution in [2.24, 2.45) is 0 Å². The van der Waals surface area contributed by atoms with Crippen molar-refractivity contribution in [3.8, 4) is 5.75 Å². The van der Waals surface area contributed by atoms with E-state index < -0.39 is 12.3 Å². The Labute approximate surface area is 165 Å². The number of rotatable bonds is 6. The summed E-state index contributed by atoms with van der Waals surface area (Å²) in [4.78, 5) is 18.6. The summed E-state index contributed by atoms with van der Waals surface area (Å²) in [5, 5.41) is 2.73. The molecule has 29 heavy (non-hydrogen) atoms. The number of nitrogens with zero attached hydrogens (tertiary/aromatic N) is 2. The van der Waals surface area contributed by atoms with Crippen LogP contribution in [-0.4, -0.2) is 43.6 Å². The van der Waals surface area contributed by atoms with E-state index in [1.165, 1.54) is 30.4 Å². The second kappa shape index (κ2) is 9.42. The van der Waals surface area contributed by atoms with Gasteiger partial charge >= 0.3 is 6.36 Å². The Balaban J connectivity index is 1.63. The largest absolute Gasteiger partial charge is 0.573 e. The van der Waals surface area contributed by atoms with Crippen LogP contribution in [-0.2, 0) is 16.1 Å². The number of hydrogen-bond acceptors (Lipinski definition) is 5. The van der Waals surface area contributed by atoms with E-state index >= 15 is 0 Å². The monoisotopic (exact) mass is 407 g/mol. The van der Waals surface area contributed by atoms with Crippen molar-refractivity contribution in [3.63, 3.8) is 0 Å². The number of amides is 1. The smallest absolute Gasteiger partial charge is 0.405 e. The van der Waals surface area contributed by atoms with Crippen molar-refractivity contribution in [2.75, 3.05) is 31.2 Å². The fourth-order valence-electron chi connectivity index (χ4n) is 2.87. The van der Waals surface area contributed by atoms with E-state index in [2.05, 4.69) is 19.9 Å². The molecule has 9 heteroatoms. The number of pyridine rings is 1. The number of morpholine rings is 1. The molecule has 3 rings (SSSR count). The molecule has 154 valence electrons. The topological polar surface area (TPSA) is 63.7 Å². The average Bonchev–Trinajstić information content (AvgIpc) is 2.71. The fraction of sp³-hybridized carbons (Fsp3) is 0.300. The zero-order chi connectivity index (χ0) is 20.7. The van der Waals surface area contributed by atoms with Crippen LogP contribution in [0.1, 0.15) is 11.1 Å². The standard InChI is InChI=1S/C20H20F3N3O3/c21-20(22,23)29-17-6-2-1-4-15(17)7-8-18(27)25-14-16-5-3-9-24-19(16)26-10-12-28-13-11-26/h1-9H,10-14H2,(H,25,27)/b8-7+. The second-order valence-electron chi connectivity index (χ2n) is 6.22. The van der Waals surface area contributed by atoms with Crippen LogP contribution in [0.25, 0.3) is 6.08 Å². The van der Waals surface area contributed by atoms with Crippen LogP contribution >= 0.6 is 0 Å². The fourth-order valence-corrected chi connectivity index (χ4v) is 2.87. The number of aromatic nitrogens is 1. The van der Waals surface area contributed by atoms with Crippen molar-refractivity contribution < 1.29 is 27.4 Å². The summed E-state index contributed by atoms with van der Waals surface area (Å²) >= 11 is 0.